The highest BCUT2D eigenvalue weighted by molar-refractivity contribution is 5.93. The van der Waals surface area contributed by atoms with Crippen molar-refractivity contribution in [1.82, 2.24) is 0 Å². The quantitative estimate of drug-likeness (QED) is 0.859. The van der Waals surface area contributed by atoms with Crippen molar-refractivity contribution >= 4 is 10.8 Å². The molecular formula is C13H14O3. The SMILES string of the molecule is COc1cc(OC)c2ccccc2c1CO. The molecule has 0 atom stereocenters. The number of rotatable bonds is 3. The van der Waals surface area contributed by atoms with Crippen LogP contribution in [0.3, 0.4) is 0 Å². The van der Waals surface area contributed by atoms with Gasteiger partial charge in [0.15, 0.2) is 0 Å². The molecule has 0 bridgehead atoms. The van der Waals surface area contributed by atoms with Gasteiger partial charge in [-0.15, -0.1) is 0 Å². The van der Waals surface area contributed by atoms with Crippen molar-refractivity contribution < 1.29 is 14.6 Å². The maximum atomic E-state index is 9.39. The first-order valence-corrected chi connectivity index (χ1v) is 5.05. The standard InChI is InChI=1S/C13H14O3/c1-15-12-7-13(16-2)11(8-14)9-5-3-4-6-10(9)12/h3-7,14H,8H2,1-2H3. The second-order valence-electron chi connectivity index (χ2n) is 3.46. The summed E-state index contributed by atoms with van der Waals surface area (Å²) in [6, 6.07) is 9.59. The molecule has 0 amide bonds. The van der Waals surface area contributed by atoms with Crippen molar-refractivity contribution in [3.8, 4) is 11.5 Å². The summed E-state index contributed by atoms with van der Waals surface area (Å²) in [4.78, 5) is 0. The molecule has 0 aromatic heterocycles. The average Bonchev–Trinajstić information content (AvgIpc) is 2.36. The van der Waals surface area contributed by atoms with Gasteiger partial charge >= 0.3 is 0 Å². The lowest BCUT2D eigenvalue weighted by atomic mass is 10.0. The van der Waals surface area contributed by atoms with Crippen molar-refractivity contribution in [2.45, 2.75) is 6.61 Å². The Kier molecular flexibility index (Phi) is 2.97. The van der Waals surface area contributed by atoms with Gasteiger partial charge in [0, 0.05) is 17.0 Å². The van der Waals surface area contributed by atoms with E-state index >= 15 is 0 Å². The van der Waals surface area contributed by atoms with Gasteiger partial charge in [-0.25, -0.2) is 0 Å². The molecule has 0 radical (unpaired) electrons. The molecule has 84 valence electrons. The van der Waals surface area contributed by atoms with Gasteiger partial charge in [-0.1, -0.05) is 24.3 Å². The van der Waals surface area contributed by atoms with E-state index in [2.05, 4.69) is 0 Å². The van der Waals surface area contributed by atoms with E-state index in [1.54, 1.807) is 20.3 Å². The van der Waals surface area contributed by atoms with Gasteiger partial charge in [-0.05, 0) is 5.39 Å². The van der Waals surface area contributed by atoms with Gasteiger partial charge < -0.3 is 14.6 Å². The van der Waals surface area contributed by atoms with Crippen LogP contribution in [0.1, 0.15) is 5.56 Å². The molecular weight excluding hydrogens is 204 g/mol. The molecule has 0 fully saturated rings. The monoisotopic (exact) mass is 218 g/mol. The van der Waals surface area contributed by atoms with E-state index in [0.717, 1.165) is 22.1 Å². The number of aliphatic hydroxyl groups is 1. The highest BCUT2D eigenvalue weighted by Crippen LogP contribution is 2.35. The Morgan fingerprint density at radius 3 is 2.19 bits per heavy atom. The molecule has 0 aliphatic carbocycles. The normalized spacial score (nSPS) is 10.4. The number of hydrogen-bond acceptors (Lipinski definition) is 3. The predicted octanol–water partition coefficient (Wildman–Crippen LogP) is 2.35. The van der Waals surface area contributed by atoms with E-state index in [1.807, 2.05) is 24.3 Å². The molecule has 1 N–H and O–H groups in total. The lowest BCUT2D eigenvalue weighted by Crippen LogP contribution is -1.96. The lowest BCUT2D eigenvalue weighted by molar-refractivity contribution is 0.275. The number of ether oxygens (including phenoxy) is 2. The van der Waals surface area contributed by atoms with E-state index in [0.29, 0.717) is 5.75 Å². The molecule has 0 saturated heterocycles. The molecule has 3 nitrogen and oxygen atoms in total. The Balaban J connectivity index is 2.83. The summed E-state index contributed by atoms with van der Waals surface area (Å²) < 4.78 is 10.6. The van der Waals surface area contributed by atoms with Crippen LogP contribution in [0.5, 0.6) is 11.5 Å². The van der Waals surface area contributed by atoms with Gasteiger partial charge in [0.05, 0.1) is 20.8 Å². The summed E-state index contributed by atoms with van der Waals surface area (Å²) in [5.41, 5.74) is 0.791. The zero-order valence-electron chi connectivity index (χ0n) is 9.36. The van der Waals surface area contributed by atoms with Crippen molar-refractivity contribution in [3.05, 3.63) is 35.9 Å². The molecule has 0 aliphatic heterocycles. The van der Waals surface area contributed by atoms with Crippen LogP contribution in [-0.2, 0) is 6.61 Å². The van der Waals surface area contributed by atoms with Gasteiger partial charge in [-0.3, -0.25) is 0 Å². The van der Waals surface area contributed by atoms with Crippen molar-refractivity contribution in [2.24, 2.45) is 0 Å². The summed E-state index contributed by atoms with van der Waals surface area (Å²) in [5.74, 6) is 1.41. The summed E-state index contributed by atoms with van der Waals surface area (Å²) in [6.45, 7) is -0.0479. The molecule has 0 saturated carbocycles. The molecule has 16 heavy (non-hydrogen) atoms. The van der Waals surface area contributed by atoms with Crippen molar-refractivity contribution in [3.63, 3.8) is 0 Å². The first-order valence-electron chi connectivity index (χ1n) is 5.05. The summed E-state index contributed by atoms with van der Waals surface area (Å²) >= 11 is 0. The highest BCUT2D eigenvalue weighted by Gasteiger charge is 2.11. The molecule has 0 unspecified atom stereocenters. The fourth-order valence-corrected chi connectivity index (χ4v) is 1.89. The molecule has 0 aliphatic rings. The minimum Gasteiger partial charge on any atom is -0.496 e. The van der Waals surface area contributed by atoms with Crippen LogP contribution in [0, 0.1) is 0 Å². The van der Waals surface area contributed by atoms with Crippen LogP contribution < -0.4 is 9.47 Å². The largest absolute Gasteiger partial charge is 0.496 e. The van der Waals surface area contributed by atoms with Crippen LogP contribution in [0.15, 0.2) is 30.3 Å². The Morgan fingerprint density at radius 2 is 1.62 bits per heavy atom. The van der Waals surface area contributed by atoms with Crippen LogP contribution >= 0.6 is 0 Å². The van der Waals surface area contributed by atoms with Crippen molar-refractivity contribution in [1.29, 1.82) is 0 Å². The Hall–Kier alpha value is -1.74. The predicted molar refractivity (Wildman–Crippen MR) is 63.0 cm³/mol. The third kappa shape index (κ3) is 1.59. The lowest BCUT2D eigenvalue weighted by Gasteiger charge is -2.13. The third-order valence-electron chi connectivity index (χ3n) is 2.68. The van der Waals surface area contributed by atoms with Crippen LogP contribution in [-0.4, -0.2) is 19.3 Å². The molecule has 2 aromatic rings. The van der Waals surface area contributed by atoms with Gasteiger partial charge in [0.25, 0.3) is 0 Å². The highest BCUT2D eigenvalue weighted by atomic mass is 16.5. The van der Waals surface area contributed by atoms with Gasteiger partial charge in [0.1, 0.15) is 11.5 Å². The number of fused-ring (bicyclic) bond motifs is 1. The third-order valence-corrected chi connectivity index (χ3v) is 2.68. The van der Waals surface area contributed by atoms with Crippen LogP contribution in [0.2, 0.25) is 0 Å². The fraction of sp³-hybridized carbons (Fsp3) is 0.231. The molecule has 0 spiro atoms. The van der Waals surface area contributed by atoms with E-state index in [1.165, 1.54) is 0 Å². The van der Waals surface area contributed by atoms with E-state index in [-0.39, 0.29) is 6.61 Å². The maximum Gasteiger partial charge on any atom is 0.130 e. The summed E-state index contributed by atoms with van der Waals surface area (Å²) in [7, 11) is 3.21. The molecule has 2 rings (SSSR count). The number of aliphatic hydroxyl groups excluding tert-OH is 1. The first kappa shape index (κ1) is 10.8. The van der Waals surface area contributed by atoms with Crippen molar-refractivity contribution in [2.75, 3.05) is 14.2 Å². The number of hydrogen-bond donors (Lipinski definition) is 1. The van der Waals surface area contributed by atoms with Crippen LogP contribution in [0.4, 0.5) is 0 Å². The first-order chi connectivity index (χ1) is 7.81. The second kappa shape index (κ2) is 4.41. The molecule has 2 aromatic carbocycles. The Bertz CT molecular complexity index is 506. The zero-order valence-corrected chi connectivity index (χ0v) is 9.36. The topological polar surface area (TPSA) is 38.7 Å². The number of benzene rings is 2. The molecule has 3 heteroatoms. The minimum absolute atomic E-state index is 0.0479. The maximum absolute atomic E-state index is 9.39. The summed E-state index contributed by atoms with van der Waals surface area (Å²) in [5, 5.41) is 11.3. The molecule has 0 heterocycles. The smallest absolute Gasteiger partial charge is 0.130 e. The second-order valence-corrected chi connectivity index (χ2v) is 3.46. The Labute approximate surface area is 94.2 Å². The average molecular weight is 218 g/mol. The summed E-state index contributed by atoms with van der Waals surface area (Å²) in [6.07, 6.45) is 0. The number of methoxy groups -OCH3 is 2. The van der Waals surface area contributed by atoms with E-state index in [4.69, 9.17) is 9.47 Å². The zero-order chi connectivity index (χ0) is 11.5. The Morgan fingerprint density at radius 1 is 1.00 bits per heavy atom. The van der Waals surface area contributed by atoms with E-state index < -0.39 is 0 Å². The minimum atomic E-state index is -0.0479. The van der Waals surface area contributed by atoms with Gasteiger partial charge in [0.2, 0.25) is 0 Å². The van der Waals surface area contributed by atoms with Gasteiger partial charge in [-0.2, -0.15) is 0 Å². The fourth-order valence-electron chi connectivity index (χ4n) is 1.89. The van der Waals surface area contributed by atoms with E-state index in [9.17, 15) is 5.11 Å². The van der Waals surface area contributed by atoms with Crippen LogP contribution in [0.25, 0.3) is 10.8 Å².